The first-order valence-electron chi connectivity index (χ1n) is 11.7. The number of anilines is 1. The van der Waals surface area contributed by atoms with Gasteiger partial charge in [-0.25, -0.2) is 8.42 Å². The van der Waals surface area contributed by atoms with Crippen LogP contribution < -0.4 is 9.62 Å². The van der Waals surface area contributed by atoms with Gasteiger partial charge in [0.2, 0.25) is 11.8 Å². The molecule has 2 amide bonds. The molecule has 0 radical (unpaired) electrons. The summed E-state index contributed by atoms with van der Waals surface area (Å²) in [5.41, 5.74) is 1.19. The topological polar surface area (TPSA) is 86.8 Å². The van der Waals surface area contributed by atoms with E-state index in [4.69, 9.17) is 11.6 Å². The first kappa shape index (κ1) is 27.2. The first-order chi connectivity index (χ1) is 17.3. The van der Waals surface area contributed by atoms with Gasteiger partial charge in [0, 0.05) is 13.6 Å². The maximum atomic E-state index is 13.8. The van der Waals surface area contributed by atoms with E-state index >= 15 is 0 Å². The van der Waals surface area contributed by atoms with E-state index in [1.807, 2.05) is 37.3 Å². The Balaban J connectivity index is 2.00. The van der Waals surface area contributed by atoms with Gasteiger partial charge in [0.1, 0.15) is 12.6 Å². The van der Waals surface area contributed by atoms with Gasteiger partial charge in [-0.2, -0.15) is 0 Å². The molecule has 3 aromatic rings. The van der Waals surface area contributed by atoms with E-state index < -0.39 is 28.5 Å². The predicted octanol–water partition coefficient (Wildman–Crippen LogP) is 4.13. The van der Waals surface area contributed by atoms with E-state index in [0.29, 0.717) is 12.8 Å². The van der Waals surface area contributed by atoms with Gasteiger partial charge in [0.25, 0.3) is 10.0 Å². The number of benzene rings is 3. The van der Waals surface area contributed by atoms with Crippen molar-refractivity contribution in [1.82, 2.24) is 10.2 Å². The molecule has 0 aromatic heterocycles. The molecule has 3 aromatic carbocycles. The normalized spacial score (nSPS) is 12.0. The number of carbonyl (C=O) groups is 2. The third-order valence-electron chi connectivity index (χ3n) is 5.85. The van der Waals surface area contributed by atoms with E-state index in [9.17, 15) is 18.0 Å². The van der Waals surface area contributed by atoms with Crippen molar-refractivity contribution in [2.45, 2.75) is 30.7 Å². The van der Waals surface area contributed by atoms with Crippen molar-refractivity contribution in [1.29, 1.82) is 0 Å². The number of hydrogen-bond donors (Lipinski definition) is 1. The van der Waals surface area contributed by atoms with Gasteiger partial charge < -0.3 is 10.2 Å². The molecule has 0 aliphatic heterocycles. The van der Waals surface area contributed by atoms with E-state index in [1.165, 1.54) is 24.1 Å². The lowest BCUT2D eigenvalue weighted by Crippen LogP contribution is -2.52. The summed E-state index contributed by atoms with van der Waals surface area (Å²) in [7, 11) is -2.62. The number of para-hydroxylation sites is 1. The zero-order valence-electron chi connectivity index (χ0n) is 20.3. The van der Waals surface area contributed by atoms with Gasteiger partial charge in [0.05, 0.1) is 15.6 Å². The fourth-order valence-electron chi connectivity index (χ4n) is 3.95. The summed E-state index contributed by atoms with van der Waals surface area (Å²) in [5, 5.41) is 2.81. The lowest BCUT2D eigenvalue weighted by atomic mass is 10.1. The third-order valence-corrected chi connectivity index (χ3v) is 7.94. The van der Waals surface area contributed by atoms with Gasteiger partial charge in [-0.05, 0) is 42.7 Å². The van der Waals surface area contributed by atoms with Crippen molar-refractivity contribution < 1.29 is 18.0 Å². The molecule has 0 aliphatic rings. The predicted molar refractivity (Wildman–Crippen MR) is 142 cm³/mol. The molecular formula is C27H30ClN3O4S. The summed E-state index contributed by atoms with van der Waals surface area (Å²) >= 11 is 6.38. The number of nitrogens with one attached hydrogen (secondary N) is 1. The number of carbonyl (C=O) groups excluding carboxylic acids is 2. The minimum absolute atomic E-state index is 0.0342. The summed E-state index contributed by atoms with van der Waals surface area (Å²) in [6, 6.07) is 23.2. The standard InChI is InChI=1S/C27H30ClN3O4S/c1-3-24(27(33)29-2)30(19-18-21-12-6-4-7-13-21)26(32)20-31(25-17-11-10-16-23(25)28)36(34,35)22-14-8-5-9-15-22/h4-17,24H,3,18-20H2,1-2H3,(H,29,33)/t24-/m0/s1. The number of sulfonamides is 1. The second kappa shape index (κ2) is 12.6. The molecule has 36 heavy (non-hydrogen) atoms. The summed E-state index contributed by atoms with van der Waals surface area (Å²) in [6.07, 6.45) is 0.884. The molecule has 0 aliphatic carbocycles. The molecule has 3 rings (SSSR count). The van der Waals surface area contributed by atoms with E-state index in [0.717, 1.165) is 9.87 Å². The Morgan fingerprint density at radius 2 is 1.50 bits per heavy atom. The van der Waals surface area contributed by atoms with Crippen LogP contribution in [0.2, 0.25) is 5.02 Å². The van der Waals surface area contributed by atoms with Gasteiger partial charge in [-0.1, -0.05) is 79.2 Å². The number of amides is 2. The van der Waals surface area contributed by atoms with Crippen molar-refractivity contribution in [3.8, 4) is 0 Å². The molecule has 7 nitrogen and oxygen atoms in total. The molecule has 0 saturated heterocycles. The van der Waals surface area contributed by atoms with Crippen molar-refractivity contribution in [2.24, 2.45) is 0 Å². The maximum Gasteiger partial charge on any atom is 0.264 e. The zero-order valence-corrected chi connectivity index (χ0v) is 21.9. The van der Waals surface area contributed by atoms with Crippen LogP contribution in [0.3, 0.4) is 0 Å². The number of nitrogens with zero attached hydrogens (tertiary/aromatic N) is 2. The summed E-state index contributed by atoms with van der Waals surface area (Å²) in [4.78, 5) is 27.9. The maximum absolute atomic E-state index is 13.8. The van der Waals surface area contributed by atoms with E-state index in [-0.39, 0.29) is 28.1 Å². The molecular weight excluding hydrogens is 498 g/mol. The Morgan fingerprint density at radius 3 is 2.08 bits per heavy atom. The highest BCUT2D eigenvalue weighted by Crippen LogP contribution is 2.30. The smallest absolute Gasteiger partial charge is 0.264 e. The van der Waals surface area contributed by atoms with Crippen LogP contribution in [-0.4, -0.2) is 51.3 Å². The van der Waals surface area contributed by atoms with Crippen molar-refractivity contribution in [3.05, 3.63) is 95.5 Å². The largest absolute Gasteiger partial charge is 0.357 e. The zero-order chi connectivity index (χ0) is 26.1. The highest BCUT2D eigenvalue weighted by atomic mass is 35.5. The molecule has 0 fully saturated rings. The van der Waals surface area contributed by atoms with Crippen LogP contribution in [0.5, 0.6) is 0 Å². The quantitative estimate of drug-likeness (QED) is 0.406. The molecule has 0 spiro atoms. The van der Waals surface area contributed by atoms with Crippen LogP contribution in [0.15, 0.2) is 89.8 Å². The average Bonchev–Trinajstić information content (AvgIpc) is 2.90. The van der Waals surface area contributed by atoms with Gasteiger partial charge >= 0.3 is 0 Å². The van der Waals surface area contributed by atoms with E-state index in [1.54, 1.807) is 42.5 Å². The monoisotopic (exact) mass is 527 g/mol. The Labute approximate surface area is 217 Å². The van der Waals surface area contributed by atoms with Crippen LogP contribution in [-0.2, 0) is 26.0 Å². The number of rotatable bonds is 11. The lowest BCUT2D eigenvalue weighted by Gasteiger charge is -2.33. The number of halogens is 1. The number of likely N-dealkylation sites (N-methyl/N-ethyl adjacent to an activating group) is 1. The van der Waals surface area contributed by atoms with Gasteiger partial charge in [-0.3, -0.25) is 13.9 Å². The SMILES string of the molecule is CC[C@@H](C(=O)NC)N(CCc1ccccc1)C(=O)CN(c1ccccc1Cl)S(=O)(=O)c1ccccc1. The van der Waals surface area contributed by atoms with Crippen LogP contribution in [0.25, 0.3) is 0 Å². The average molecular weight is 528 g/mol. The lowest BCUT2D eigenvalue weighted by molar-refractivity contribution is -0.139. The number of hydrogen-bond acceptors (Lipinski definition) is 4. The van der Waals surface area contributed by atoms with Gasteiger partial charge in [-0.15, -0.1) is 0 Å². The molecule has 1 atom stereocenters. The van der Waals surface area contributed by atoms with Crippen molar-refractivity contribution in [2.75, 3.05) is 24.4 Å². The first-order valence-corrected chi connectivity index (χ1v) is 13.5. The summed E-state index contributed by atoms with van der Waals surface area (Å²) in [5.74, 6) is -0.810. The summed E-state index contributed by atoms with van der Waals surface area (Å²) in [6.45, 7) is 1.55. The Bertz CT molecular complexity index is 1270. The van der Waals surface area contributed by atoms with Crippen LogP contribution >= 0.6 is 11.6 Å². The third kappa shape index (κ3) is 6.44. The van der Waals surface area contributed by atoms with Crippen LogP contribution in [0.1, 0.15) is 18.9 Å². The molecule has 0 saturated carbocycles. The fraction of sp³-hybridized carbons (Fsp3) is 0.259. The van der Waals surface area contributed by atoms with Crippen molar-refractivity contribution in [3.63, 3.8) is 0 Å². The second-order valence-corrected chi connectivity index (χ2v) is 10.4. The Hall–Kier alpha value is -3.36. The highest BCUT2D eigenvalue weighted by molar-refractivity contribution is 7.92. The second-order valence-electron chi connectivity index (χ2n) is 8.14. The van der Waals surface area contributed by atoms with Crippen molar-refractivity contribution >= 4 is 39.1 Å². The van der Waals surface area contributed by atoms with E-state index in [2.05, 4.69) is 5.32 Å². The van der Waals surface area contributed by atoms with Crippen LogP contribution in [0.4, 0.5) is 5.69 Å². The minimum atomic E-state index is -4.13. The fourth-order valence-corrected chi connectivity index (χ4v) is 5.69. The molecule has 0 heterocycles. The summed E-state index contributed by atoms with van der Waals surface area (Å²) < 4.78 is 28.4. The molecule has 1 N–H and O–H groups in total. The Morgan fingerprint density at radius 1 is 0.917 bits per heavy atom. The van der Waals surface area contributed by atoms with Crippen LogP contribution in [0, 0.1) is 0 Å². The molecule has 190 valence electrons. The molecule has 9 heteroatoms. The molecule has 0 bridgehead atoms. The molecule has 0 unspecified atom stereocenters. The minimum Gasteiger partial charge on any atom is -0.357 e. The van der Waals surface area contributed by atoms with Gasteiger partial charge in [0.15, 0.2) is 0 Å². The highest BCUT2D eigenvalue weighted by Gasteiger charge is 2.33. The Kier molecular flexibility index (Phi) is 9.50.